The van der Waals surface area contributed by atoms with Crippen molar-refractivity contribution < 1.29 is 0 Å². The van der Waals surface area contributed by atoms with Crippen molar-refractivity contribution in [1.29, 1.82) is 0 Å². The number of rotatable bonds is 2. The molecule has 0 spiro atoms. The summed E-state index contributed by atoms with van der Waals surface area (Å²) in [7, 11) is 0. The Labute approximate surface area is 104 Å². The van der Waals surface area contributed by atoms with Crippen molar-refractivity contribution in [3.05, 3.63) is 28.4 Å². The third-order valence-electron chi connectivity index (χ3n) is 2.31. The van der Waals surface area contributed by atoms with E-state index in [-0.39, 0.29) is 0 Å². The minimum atomic E-state index is 0.457. The second kappa shape index (κ2) is 4.36. The first-order valence-electron chi connectivity index (χ1n) is 4.91. The summed E-state index contributed by atoms with van der Waals surface area (Å²) in [5.41, 5.74) is 7.98. The lowest BCUT2D eigenvalue weighted by atomic mass is 10.1. The maximum Gasteiger partial charge on any atom is 0.0925 e. The molecule has 0 aliphatic heterocycles. The molecule has 0 radical (unpaired) electrons. The fourth-order valence-electron chi connectivity index (χ4n) is 1.60. The van der Waals surface area contributed by atoms with Crippen LogP contribution < -0.4 is 11.1 Å². The standard InChI is InChI=1S/C11H11Cl2N3/c1-2-15-10-6-3-4-7(12)9(13)11(6)16-5-8(10)14/h3-5H,2,14H2,1H3,(H,15,16). The second-order valence-electron chi connectivity index (χ2n) is 3.38. The lowest BCUT2D eigenvalue weighted by Crippen LogP contribution is -2.02. The van der Waals surface area contributed by atoms with Gasteiger partial charge in [0.25, 0.3) is 0 Å². The number of anilines is 2. The van der Waals surface area contributed by atoms with E-state index >= 15 is 0 Å². The predicted octanol–water partition coefficient (Wildman–Crippen LogP) is 3.56. The number of nitrogen functional groups attached to an aromatic ring is 1. The van der Waals surface area contributed by atoms with Gasteiger partial charge in [-0.3, -0.25) is 4.98 Å². The van der Waals surface area contributed by atoms with Crippen LogP contribution in [0.15, 0.2) is 18.3 Å². The van der Waals surface area contributed by atoms with Crippen molar-refractivity contribution in [3.63, 3.8) is 0 Å². The Bertz CT molecular complexity index is 540. The van der Waals surface area contributed by atoms with Crippen molar-refractivity contribution >= 4 is 45.5 Å². The molecule has 0 amide bonds. The molecule has 1 heterocycles. The molecule has 0 unspecified atom stereocenters. The highest BCUT2D eigenvalue weighted by Crippen LogP contribution is 2.35. The van der Waals surface area contributed by atoms with Gasteiger partial charge in [-0.05, 0) is 19.1 Å². The average Bonchev–Trinajstić information content (AvgIpc) is 2.27. The van der Waals surface area contributed by atoms with Crippen molar-refractivity contribution in [2.45, 2.75) is 6.92 Å². The zero-order valence-corrected chi connectivity index (χ0v) is 10.2. The molecular formula is C11H11Cl2N3. The maximum atomic E-state index is 6.09. The van der Waals surface area contributed by atoms with Crippen LogP contribution in [-0.4, -0.2) is 11.5 Å². The van der Waals surface area contributed by atoms with E-state index in [4.69, 9.17) is 28.9 Å². The number of hydrogen-bond donors (Lipinski definition) is 2. The van der Waals surface area contributed by atoms with Crippen LogP contribution in [-0.2, 0) is 0 Å². The van der Waals surface area contributed by atoms with E-state index in [1.807, 2.05) is 13.0 Å². The number of fused-ring (bicyclic) bond motifs is 1. The van der Waals surface area contributed by atoms with E-state index < -0.39 is 0 Å². The smallest absolute Gasteiger partial charge is 0.0925 e. The summed E-state index contributed by atoms with van der Waals surface area (Å²) >= 11 is 12.0. The fraction of sp³-hybridized carbons (Fsp3) is 0.182. The molecule has 3 nitrogen and oxygen atoms in total. The molecule has 0 bridgehead atoms. The number of nitrogens with two attached hydrogens (primary N) is 1. The highest BCUT2D eigenvalue weighted by atomic mass is 35.5. The van der Waals surface area contributed by atoms with Crippen LogP contribution in [0.4, 0.5) is 11.4 Å². The Kier molecular flexibility index (Phi) is 3.08. The van der Waals surface area contributed by atoms with Crippen LogP contribution in [0.2, 0.25) is 10.0 Å². The number of benzene rings is 1. The summed E-state index contributed by atoms with van der Waals surface area (Å²) in [4.78, 5) is 4.20. The van der Waals surface area contributed by atoms with Gasteiger partial charge in [0, 0.05) is 11.9 Å². The number of nitrogens with zero attached hydrogens (tertiary/aromatic N) is 1. The van der Waals surface area contributed by atoms with Crippen LogP contribution in [0.1, 0.15) is 6.92 Å². The SMILES string of the molecule is CCNc1c(N)cnc2c(Cl)c(Cl)ccc12. The quantitative estimate of drug-likeness (QED) is 0.863. The third-order valence-corrected chi connectivity index (χ3v) is 3.11. The van der Waals surface area contributed by atoms with Gasteiger partial charge in [-0.15, -0.1) is 0 Å². The third kappa shape index (κ3) is 1.77. The molecule has 5 heteroatoms. The molecule has 84 valence electrons. The molecule has 0 fully saturated rings. The highest BCUT2D eigenvalue weighted by Gasteiger charge is 2.10. The minimum Gasteiger partial charge on any atom is -0.396 e. The molecule has 0 saturated carbocycles. The van der Waals surface area contributed by atoms with Gasteiger partial charge in [0.2, 0.25) is 0 Å². The van der Waals surface area contributed by atoms with Gasteiger partial charge in [0.15, 0.2) is 0 Å². The number of halogens is 2. The zero-order valence-electron chi connectivity index (χ0n) is 8.72. The molecule has 2 rings (SSSR count). The van der Waals surface area contributed by atoms with E-state index in [2.05, 4.69) is 10.3 Å². The van der Waals surface area contributed by atoms with E-state index in [1.54, 1.807) is 12.3 Å². The molecule has 1 aromatic carbocycles. The Morgan fingerprint density at radius 1 is 1.38 bits per heavy atom. The second-order valence-corrected chi connectivity index (χ2v) is 4.16. The Hall–Kier alpha value is -1.19. The predicted molar refractivity (Wildman–Crippen MR) is 70.3 cm³/mol. The molecule has 16 heavy (non-hydrogen) atoms. The van der Waals surface area contributed by atoms with Crippen LogP contribution in [0, 0.1) is 0 Å². The summed E-state index contributed by atoms with van der Waals surface area (Å²) in [5, 5.41) is 5.04. The molecule has 3 N–H and O–H groups in total. The molecule has 0 saturated heterocycles. The van der Waals surface area contributed by atoms with Gasteiger partial charge in [0.1, 0.15) is 0 Å². The van der Waals surface area contributed by atoms with Crippen molar-refractivity contribution in [2.24, 2.45) is 0 Å². The van der Waals surface area contributed by atoms with Gasteiger partial charge < -0.3 is 11.1 Å². The normalized spacial score (nSPS) is 10.7. The number of hydrogen-bond acceptors (Lipinski definition) is 3. The average molecular weight is 256 g/mol. The molecule has 2 aromatic rings. The molecule has 1 aromatic heterocycles. The van der Waals surface area contributed by atoms with E-state index in [0.717, 1.165) is 17.6 Å². The molecular weight excluding hydrogens is 245 g/mol. The first-order chi connectivity index (χ1) is 7.65. The number of aromatic nitrogens is 1. The molecule has 0 atom stereocenters. The van der Waals surface area contributed by atoms with Gasteiger partial charge >= 0.3 is 0 Å². The van der Waals surface area contributed by atoms with Gasteiger partial charge in [0.05, 0.1) is 33.1 Å². The zero-order chi connectivity index (χ0) is 11.7. The Balaban J connectivity index is 2.78. The summed E-state index contributed by atoms with van der Waals surface area (Å²) in [5.74, 6) is 0. The number of nitrogens with one attached hydrogen (secondary N) is 1. The first-order valence-corrected chi connectivity index (χ1v) is 5.66. The highest BCUT2D eigenvalue weighted by molar-refractivity contribution is 6.45. The summed E-state index contributed by atoms with van der Waals surface area (Å²) in [6, 6.07) is 3.61. The lowest BCUT2D eigenvalue weighted by molar-refractivity contribution is 1.22. The molecule has 0 aliphatic rings. The van der Waals surface area contributed by atoms with Crippen molar-refractivity contribution in [1.82, 2.24) is 4.98 Å². The van der Waals surface area contributed by atoms with Gasteiger partial charge in [-0.1, -0.05) is 23.2 Å². The van der Waals surface area contributed by atoms with E-state index in [0.29, 0.717) is 21.2 Å². The number of pyridine rings is 1. The maximum absolute atomic E-state index is 6.09. The lowest BCUT2D eigenvalue weighted by Gasteiger charge is -2.11. The van der Waals surface area contributed by atoms with Crippen molar-refractivity contribution in [3.8, 4) is 0 Å². The van der Waals surface area contributed by atoms with E-state index in [9.17, 15) is 0 Å². The van der Waals surface area contributed by atoms with Gasteiger partial charge in [-0.2, -0.15) is 0 Å². The van der Waals surface area contributed by atoms with Crippen LogP contribution >= 0.6 is 23.2 Å². The summed E-state index contributed by atoms with van der Waals surface area (Å²) in [6.07, 6.45) is 1.59. The first kappa shape index (κ1) is 11.3. The fourth-order valence-corrected chi connectivity index (χ4v) is 1.96. The van der Waals surface area contributed by atoms with Crippen molar-refractivity contribution in [2.75, 3.05) is 17.6 Å². The molecule has 0 aliphatic carbocycles. The monoisotopic (exact) mass is 255 g/mol. The Morgan fingerprint density at radius 3 is 2.81 bits per heavy atom. The van der Waals surface area contributed by atoms with Gasteiger partial charge in [-0.25, -0.2) is 0 Å². The van der Waals surface area contributed by atoms with Crippen LogP contribution in [0.25, 0.3) is 10.9 Å². The largest absolute Gasteiger partial charge is 0.396 e. The van der Waals surface area contributed by atoms with Crippen LogP contribution in [0.3, 0.4) is 0 Å². The van der Waals surface area contributed by atoms with Crippen LogP contribution in [0.5, 0.6) is 0 Å². The summed E-state index contributed by atoms with van der Waals surface area (Å²) < 4.78 is 0. The minimum absolute atomic E-state index is 0.457. The summed E-state index contributed by atoms with van der Waals surface area (Å²) in [6.45, 7) is 2.78. The Morgan fingerprint density at radius 2 is 2.12 bits per heavy atom. The topological polar surface area (TPSA) is 50.9 Å². The van der Waals surface area contributed by atoms with E-state index in [1.165, 1.54) is 0 Å².